The maximum atomic E-state index is 6.06. The van der Waals surface area contributed by atoms with Crippen molar-refractivity contribution in [3.63, 3.8) is 0 Å². The molecule has 2 N–H and O–H groups in total. The molecular formula is C18H22ClNO. The van der Waals surface area contributed by atoms with E-state index in [2.05, 4.69) is 25.1 Å². The van der Waals surface area contributed by atoms with Crippen LogP contribution in [0.25, 0.3) is 0 Å². The molecule has 0 aliphatic rings. The highest BCUT2D eigenvalue weighted by Gasteiger charge is 2.14. The Labute approximate surface area is 131 Å². The fraction of sp³-hybridized carbons (Fsp3) is 0.333. The van der Waals surface area contributed by atoms with Gasteiger partial charge in [-0.2, -0.15) is 0 Å². The summed E-state index contributed by atoms with van der Waals surface area (Å²) in [6.07, 6.45) is 0.895. The van der Waals surface area contributed by atoms with Crippen LogP contribution in [0.15, 0.2) is 42.5 Å². The van der Waals surface area contributed by atoms with Gasteiger partial charge in [-0.3, -0.25) is 0 Å². The average molecular weight is 304 g/mol. The highest BCUT2D eigenvalue weighted by Crippen LogP contribution is 2.27. The summed E-state index contributed by atoms with van der Waals surface area (Å²) in [7, 11) is 0. The van der Waals surface area contributed by atoms with E-state index in [-0.39, 0.29) is 0 Å². The number of ether oxygens (including phenoxy) is 1. The third-order valence-corrected chi connectivity index (χ3v) is 3.88. The average Bonchev–Trinajstić information content (AvgIpc) is 2.46. The molecule has 3 heteroatoms. The molecule has 0 amide bonds. The maximum Gasteiger partial charge on any atom is 0.119 e. The van der Waals surface area contributed by atoms with Crippen LogP contribution in [-0.2, 0) is 6.42 Å². The fourth-order valence-electron chi connectivity index (χ4n) is 2.63. The molecule has 0 aliphatic heterocycles. The van der Waals surface area contributed by atoms with Crippen molar-refractivity contribution in [2.45, 2.75) is 26.2 Å². The number of benzene rings is 2. The van der Waals surface area contributed by atoms with Crippen LogP contribution in [0.1, 0.15) is 29.5 Å². The zero-order valence-electron chi connectivity index (χ0n) is 12.6. The van der Waals surface area contributed by atoms with E-state index in [1.54, 1.807) is 0 Å². The summed E-state index contributed by atoms with van der Waals surface area (Å²) in [5, 5.41) is 0.770. The monoisotopic (exact) mass is 303 g/mol. The molecule has 0 heterocycles. The third-order valence-electron chi connectivity index (χ3n) is 3.65. The highest BCUT2D eigenvalue weighted by atomic mass is 35.5. The second-order valence-electron chi connectivity index (χ2n) is 5.22. The predicted molar refractivity (Wildman–Crippen MR) is 89.3 cm³/mol. The van der Waals surface area contributed by atoms with Crippen molar-refractivity contribution in [2.24, 2.45) is 5.73 Å². The largest absolute Gasteiger partial charge is 0.494 e. The van der Waals surface area contributed by atoms with Gasteiger partial charge in [-0.15, -0.1) is 0 Å². The molecule has 1 atom stereocenters. The fourth-order valence-corrected chi connectivity index (χ4v) is 2.84. The smallest absolute Gasteiger partial charge is 0.119 e. The number of rotatable bonds is 6. The van der Waals surface area contributed by atoms with Crippen molar-refractivity contribution in [1.82, 2.24) is 0 Å². The summed E-state index contributed by atoms with van der Waals surface area (Å²) in [6, 6.07) is 14.2. The van der Waals surface area contributed by atoms with Crippen molar-refractivity contribution < 1.29 is 4.74 Å². The van der Waals surface area contributed by atoms with E-state index in [4.69, 9.17) is 22.1 Å². The van der Waals surface area contributed by atoms with E-state index in [0.717, 1.165) is 17.2 Å². The quantitative estimate of drug-likeness (QED) is 0.862. The van der Waals surface area contributed by atoms with E-state index < -0.39 is 0 Å². The van der Waals surface area contributed by atoms with Gasteiger partial charge >= 0.3 is 0 Å². The highest BCUT2D eigenvalue weighted by molar-refractivity contribution is 6.30. The number of halogens is 1. The first-order chi connectivity index (χ1) is 10.1. The lowest BCUT2D eigenvalue weighted by Crippen LogP contribution is -2.16. The lowest BCUT2D eigenvalue weighted by atomic mass is 9.89. The van der Waals surface area contributed by atoms with Gasteiger partial charge in [0.05, 0.1) is 6.61 Å². The van der Waals surface area contributed by atoms with Gasteiger partial charge in [-0.25, -0.2) is 0 Å². The molecule has 1 unspecified atom stereocenters. The lowest BCUT2D eigenvalue weighted by Gasteiger charge is -2.19. The molecule has 0 aliphatic carbocycles. The Balaban J connectivity index is 2.21. The summed E-state index contributed by atoms with van der Waals surface area (Å²) in [5.41, 5.74) is 9.71. The van der Waals surface area contributed by atoms with Crippen LogP contribution >= 0.6 is 11.6 Å². The van der Waals surface area contributed by atoms with Gasteiger partial charge in [0.25, 0.3) is 0 Å². The number of aryl methyl sites for hydroxylation is 1. The molecule has 0 fully saturated rings. The van der Waals surface area contributed by atoms with E-state index in [1.165, 1.54) is 16.7 Å². The summed E-state index contributed by atoms with van der Waals surface area (Å²) in [4.78, 5) is 0. The minimum atomic E-state index is 0.291. The van der Waals surface area contributed by atoms with Gasteiger partial charge in [0.1, 0.15) is 5.75 Å². The summed E-state index contributed by atoms with van der Waals surface area (Å²) in [6.45, 7) is 5.40. The molecule has 0 radical (unpaired) electrons. The zero-order valence-corrected chi connectivity index (χ0v) is 13.4. The molecule has 112 valence electrons. The summed E-state index contributed by atoms with van der Waals surface area (Å²) in [5.74, 6) is 1.21. The van der Waals surface area contributed by atoms with Crippen molar-refractivity contribution in [3.05, 3.63) is 64.2 Å². The molecule has 0 aromatic heterocycles. The van der Waals surface area contributed by atoms with Gasteiger partial charge in [0, 0.05) is 10.9 Å². The first-order valence-corrected chi connectivity index (χ1v) is 7.69. The second-order valence-corrected chi connectivity index (χ2v) is 5.65. The van der Waals surface area contributed by atoms with Gasteiger partial charge in [0.15, 0.2) is 0 Å². The van der Waals surface area contributed by atoms with Crippen molar-refractivity contribution in [3.8, 4) is 5.75 Å². The third kappa shape index (κ3) is 4.23. The molecule has 0 bridgehead atoms. The molecule has 2 nitrogen and oxygen atoms in total. The molecule has 21 heavy (non-hydrogen) atoms. The minimum absolute atomic E-state index is 0.291. The Bertz CT molecular complexity index is 598. The van der Waals surface area contributed by atoms with E-state index in [0.29, 0.717) is 19.1 Å². The Hall–Kier alpha value is -1.51. The molecule has 2 rings (SSSR count). The van der Waals surface area contributed by atoms with Crippen LogP contribution in [0.3, 0.4) is 0 Å². The molecule has 0 saturated carbocycles. The first-order valence-electron chi connectivity index (χ1n) is 7.32. The molecule has 0 saturated heterocycles. The Morgan fingerprint density at radius 3 is 2.62 bits per heavy atom. The molecule has 2 aromatic rings. The molecular weight excluding hydrogens is 282 g/mol. The van der Waals surface area contributed by atoms with E-state index in [1.807, 2.05) is 31.2 Å². The molecule has 2 aromatic carbocycles. The van der Waals surface area contributed by atoms with Gasteiger partial charge in [-0.05, 0) is 67.8 Å². The Morgan fingerprint density at radius 2 is 2.00 bits per heavy atom. The Morgan fingerprint density at radius 1 is 1.19 bits per heavy atom. The minimum Gasteiger partial charge on any atom is -0.494 e. The second kappa shape index (κ2) is 7.48. The van der Waals surface area contributed by atoms with Crippen molar-refractivity contribution >= 4 is 11.6 Å². The van der Waals surface area contributed by atoms with Crippen LogP contribution in [0.4, 0.5) is 0 Å². The zero-order chi connectivity index (χ0) is 15.2. The summed E-state index contributed by atoms with van der Waals surface area (Å²) >= 11 is 6.06. The standard InChI is InChI=1S/C18H22ClNO/c1-3-21-17-7-8-18(13(2)9-17)15(12-20)10-14-5-4-6-16(19)11-14/h4-9,11,15H,3,10,12,20H2,1-2H3. The van der Waals surface area contributed by atoms with E-state index in [9.17, 15) is 0 Å². The predicted octanol–water partition coefficient (Wildman–Crippen LogP) is 4.33. The van der Waals surface area contributed by atoms with Crippen molar-refractivity contribution in [1.29, 1.82) is 0 Å². The van der Waals surface area contributed by atoms with Crippen LogP contribution in [-0.4, -0.2) is 13.2 Å². The number of hydrogen-bond acceptors (Lipinski definition) is 2. The van der Waals surface area contributed by atoms with Crippen molar-refractivity contribution in [2.75, 3.05) is 13.2 Å². The van der Waals surface area contributed by atoms with Gasteiger partial charge in [0.2, 0.25) is 0 Å². The van der Waals surface area contributed by atoms with Crippen LogP contribution in [0.5, 0.6) is 5.75 Å². The number of nitrogens with two attached hydrogens (primary N) is 1. The van der Waals surface area contributed by atoms with E-state index >= 15 is 0 Å². The maximum absolute atomic E-state index is 6.06. The SMILES string of the molecule is CCOc1ccc(C(CN)Cc2cccc(Cl)c2)c(C)c1. The Kier molecular flexibility index (Phi) is 5.66. The summed E-state index contributed by atoms with van der Waals surface area (Å²) < 4.78 is 5.54. The normalized spacial score (nSPS) is 12.2. The van der Waals surface area contributed by atoms with Crippen LogP contribution < -0.4 is 10.5 Å². The topological polar surface area (TPSA) is 35.2 Å². The van der Waals surface area contributed by atoms with Crippen LogP contribution in [0.2, 0.25) is 5.02 Å². The van der Waals surface area contributed by atoms with Crippen LogP contribution in [0, 0.1) is 6.92 Å². The molecule has 0 spiro atoms. The van der Waals surface area contributed by atoms with Gasteiger partial charge < -0.3 is 10.5 Å². The lowest BCUT2D eigenvalue weighted by molar-refractivity contribution is 0.340. The van der Waals surface area contributed by atoms with Gasteiger partial charge in [-0.1, -0.05) is 29.8 Å². The first kappa shape index (κ1) is 15.9. The number of hydrogen-bond donors (Lipinski definition) is 1.